The van der Waals surface area contributed by atoms with Crippen molar-refractivity contribution in [2.45, 2.75) is 6.92 Å². The van der Waals surface area contributed by atoms with Gasteiger partial charge >= 0.3 is 6.03 Å². The van der Waals surface area contributed by atoms with Gasteiger partial charge in [0.05, 0.1) is 0 Å². The van der Waals surface area contributed by atoms with Gasteiger partial charge in [-0.05, 0) is 67.1 Å². The number of hydrogen-bond acceptors (Lipinski definition) is 3. The monoisotopic (exact) mass is 452 g/mol. The van der Waals surface area contributed by atoms with Crippen LogP contribution in [0.3, 0.4) is 0 Å². The molecule has 1 fully saturated rings. The number of aromatic nitrogens is 1. The molecule has 1 aliphatic heterocycles. The molecule has 0 aliphatic carbocycles. The van der Waals surface area contributed by atoms with Gasteiger partial charge in [-0.1, -0.05) is 17.7 Å². The van der Waals surface area contributed by atoms with Gasteiger partial charge in [-0.2, -0.15) is 0 Å². The van der Waals surface area contributed by atoms with Crippen molar-refractivity contribution in [1.82, 2.24) is 14.8 Å². The first-order valence-corrected chi connectivity index (χ1v) is 10.0. The van der Waals surface area contributed by atoms with Gasteiger partial charge in [0.2, 0.25) is 5.91 Å². The lowest BCUT2D eigenvalue weighted by molar-refractivity contribution is -0.127. The highest BCUT2D eigenvalue weighted by Crippen LogP contribution is 2.23. The number of rotatable bonds is 5. The summed E-state index contributed by atoms with van der Waals surface area (Å²) in [5, 5.41) is 5.63. The standard InChI is InChI=1S/C23H18ClFN4O3/c1-14-4-9-18(11-19(14)24)28-10-2-3-17(28)12-20-22(31)29(23(32)27-20)13-21(30)26-16-7-5-15(25)6-8-16/h2-12H,13H2,1H3,(H,26,30)(H,27,32). The topological polar surface area (TPSA) is 83.4 Å². The molecular formula is C23H18ClFN4O3. The number of nitrogens with zero attached hydrogens (tertiary/aromatic N) is 2. The molecule has 0 radical (unpaired) electrons. The minimum atomic E-state index is -0.702. The average molecular weight is 453 g/mol. The Morgan fingerprint density at radius 1 is 1.16 bits per heavy atom. The van der Waals surface area contributed by atoms with E-state index in [1.54, 1.807) is 18.2 Å². The molecule has 0 unspecified atom stereocenters. The molecule has 3 aromatic rings. The maximum Gasteiger partial charge on any atom is 0.329 e. The van der Waals surface area contributed by atoms with E-state index in [0.717, 1.165) is 16.2 Å². The number of benzene rings is 2. The van der Waals surface area contributed by atoms with Crippen molar-refractivity contribution in [2.75, 3.05) is 11.9 Å². The minimum Gasteiger partial charge on any atom is -0.325 e. The van der Waals surface area contributed by atoms with Crippen LogP contribution in [0.1, 0.15) is 11.3 Å². The van der Waals surface area contributed by atoms with Crippen LogP contribution in [0.15, 0.2) is 66.5 Å². The molecule has 4 rings (SSSR count). The molecule has 1 saturated heterocycles. The summed E-state index contributed by atoms with van der Waals surface area (Å²) in [6, 6.07) is 13.6. The highest BCUT2D eigenvalue weighted by atomic mass is 35.5. The Morgan fingerprint density at radius 2 is 1.91 bits per heavy atom. The Labute approximate surface area is 188 Å². The first-order chi connectivity index (χ1) is 15.3. The van der Waals surface area contributed by atoms with E-state index in [-0.39, 0.29) is 5.70 Å². The van der Waals surface area contributed by atoms with Gasteiger partial charge in [0.1, 0.15) is 18.1 Å². The van der Waals surface area contributed by atoms with Crippen molar-refractivity contribution in [2.24, 2.45) is 0 Å². The molecule has 2 aromatic carbocycles. The first kappa shape index (κ1) is 21.3. The number of imide groups is 1. The molecule has 162 valence electrons. The predicted molar refractivity (Wildman–Crippen MR) is 119 cm³/mol. The molecule has 0 spiro atoms. The number of hydrogen-bond donors (Lipinski definition) is 2. The highest BCUT2D eigenvalue weighted by molar-refractivity contribution is 6.31. The van der Waals surface area contributed by atoms with Gasteiger partial charge in [-0.3, -0.25) is 9.59 Å². The average Bonchev–Trinajstić information content (AvgIpc) is 3.32. The maximum absolute atomic E-state index is 13.0. The molecule has 32 heavy (non-hydrogen) atoms. The molecule has 0 atom stereocenters. The number of aryl methyl sites for hydroxylation is 1. The van der Waals surface area contributed by atoms with E-state index in [4.69, 9.17) is 11.6 Å². The fourth-order valence-corrected chi connectivity index (χ4v) is 3.39. The fourth-order valence-electron chi connectivity index (χ4n) is 3.22. The van der Waals surface area contributed by atoms with Crippen molar-refractivity contribution in [3.8, 4) is 5.69 Å². The Kier molecular flexibility index (Phi) is 5.79. The van der Waals surface area contributed by atoms with E-state index in [0.29, 0.717) is 16.4 Å². The molecule has 0 bridgehead atoms. The quantitative estimate of drug-likeness (QED) is 0.451. The van der Waals surface area contributed by atoms with Crippen LogP contribution < -0.4 is 10.6 Å². The van der Waals surface area contributed by atoms with Crippen LogP contribution in [-0.4, -0.2) is 33.9 Å². The fraction of sp³-hybridized carbons (Fsp3) is 0.0870. The highest BCUT2D eigenvalue weighted by Gasteiger charge is 2.35. The smallest absolute Gasteiger partial charge is 0.325 e. The van der Waals surface area contributed by atoms with Crippen molar-refractivity contribution in [1.29, 1.82) is 0 Å². The van der Waals surface area contributed by atoms with Gasteiger partial charge in [0, 0.05) is 28.3 Å². The van der Waals surface area contributed by atoms with Gasteiger partial charge < -0.3 is 15.2 Å². The van der Waals surface area contributed by atoms with E-state index in [2.05, 4.69) is 10.6 Å². The number of urea groups is 1. The second-order valence-corrected chi connectivity index (χ2v) is 7.58. The van der Waals surface area contributed by atoms with Crippen molar-refractivity contribution >= 4 is 41.2 Å². The lowest BCUT2D eigenvalue weighted by atomic mass is 10.2. The number of halogens is 2. The minimum absolute atomic E-state index is 0.0442. The summed E-state index contributed by atoms with van der Waals surface area (Å²) in [6.07, 6.45) is 3.34. The number of anilines is 1. The van der Waals surface area contributed by atoms with Crippen LogP contribution in [0.25, 0.3) is 11.8 Å². The second-order valence-electron chi connectivity index (χ2n) is 7.17. The summed E-state index contributed by atoms with van der Waals surface area (Å²) >= 11 is 6.23. The molecule has 2 heterocycles. The van der Waals surface area contributed by atoms with Crippen LogP contribution in [0.4, 0.5) is 14.9 Å². The largest absolute Gasteiger partial charge is 0.329 e. The van der Waals surface area contributed by atoms with Crippen LogP contribution in [0.5, 0.6) is 0 Å². The zero-order valence-electron chi connectivity index (χ0n) is 16.9. The third-order valence-electron chi connectivity index (χ3n) is 4.90. The van der Waals surface area contributed by atoms with E-state index in [1.807, 2.05) is 29.8 Å². The van der Waals surface area contributed by atoms with Crippen molar-refractivity contribution < 1.29 is 18.8 Å². The van der Waals surface area contributed by atoms with Crippen LogP contribution in [-0.2, 0) is 9.59 Å². The third kappa shape index (κ3) is 4.40. The van der Waals surface area contributed by atoms with E-state index >= 15 is 0 Å². The predicted octanol–water partition coefficient (Wildman–Crippen LogP) is 4.11. The van der Waals surface area contributed by atoms with E-state index < -0.39 is 30.2 Å². The molecule has 2 N–H and O–H groups in total. The van der Waals surface area contributed by atoms with Crippen LogP contribution in [0, 0.1) is 12.7 Å². The Bertz CT molecular complexity index is 1250. The summed E-state index contributed by atoms with van der Waals surface area (Å²) in [5.74, 6) is -1.65. The summed E-state index contributed by atoms with van der Waals surface area (Å²) in [4.78, 5) is 38.1. The van der Waals surface area contributed by atoms with Gasteiger partial charge in [0.15, 0.2) is 0 Å². The number of carbonyl (C=O) groups is 3. The zero-order chi connectivity index (χ0) is 22.8. The summed E-state index contributed by atoms with van der Waals surface area (Å²) < 4.78 is 14.8. The zero-order valence-corrected chi connectivity index (χ0v) is 17.7. The normalized spacial score (nSPS) is 14.7. The summed E-state index contributed by atoms with van der Waals surface area (Å²) in [7, 11) is 0. The molecule has 7 nitrogen and oxygen atoms in total. The van der Waals surface area contributed by atoms with E-state index in [9.17, 15) is 18.8 Å². The summed E-state index contributed by atoms with van der Waals surface area (Å²) in [6.45, 7) is 1.42. The molecular weight excluding hydrogens is 435 g/mol. The van der Waals surface area contributed by atoms with Crippen molar-refractivity contribution in [3.05, 3.63) is 88.6 Å². The molecule has 1 aromatic heterocycles. The Hall–Kier alpha value is -3.91. The number of nitrogens with one attached hydrogen (secondary N) is 2. The number of carbonyl (C=O) groups excluding carboxylic acids is 3. The van der Waals surface area contributed by atoms with E-state index in [1.165, 1.54) is 30.3 Å². The van der Waals surface area contributed by atoms with Gasteiger partial charge in [-0.25, -0.2) is 14.1 Å². The van der Waals surface area contributed by atoms with Crippen molar-refractivity contribution in [3.63, 3.8) is 0 Å². The van der Waals surface area contributed by atoms with Gasteiger partial charge in [0.25, 0.3) is 5.91 Å². The molecule has 0 saturated carbocycles. The third-order valence-corrected chi connectivity index (χ3v) is 5.31. The Balaban J connectivity index is 1.50. The molecule has 1 aliphatic rings. The molecule has 4 amide bonds. The lowest BCUT2D eigenvalue weighted by Crippen LogP contribution is -2.38. The second kappa shape index (κ2) is 8.68. The van der Waals surface area contributed by atoms with Crippen LogP contribution >= 0.6 is 11.6 Å². The van der Waals surface area contributed by atoms with Crippen LogP contribution in [0.2, 0.25) is 5.02 Å². The summed E-state index contributed by atoms with van der Waals surface area (Å²) in [5.41, 5.74) is 2.78. The Morgan fingerprint density at radius 3 is 2.62 bits per heavy atom. The van der Waals surface area contributed by atoms with Gasteiger partial charge in [-0.15, -0.1) is 0 Å². The SMILES string of the molecule is Cc1ccc(-n2cccc2C=C2NC(=O)N(CC(=O)Nc3ccc(F)cc3)C2=O)cc1Cl. The number of amides is 4. The maximum atomic E-state index is 13.0. The lowest BCUT2D eigenvalue weighted by Gasteiger charge is -2.12. The molecule has 9 heteroatoms. The first-order valence-electron chi connectivity index (χ1n) is 9.65.